The SMILES string of the molecule is O=C(Nc1ccccc1)N1CCCC(CNc2ncc(Cl)c(-c3c[nH]c4ccccc34)n2)C1. The van der Waals surface area contributed by atoms with Gasteiger partial charge in [0.1, 0.15) is 0 Å². The summed E-state index contributed by atoms with van der Waals surface area (Å²) >= 11 is 6.44. The second kappa shape index (κ2) is 9.50. The first kappa shape index (κ1) is 21.3. The van der Waals surface area contributed by atoms with Gasteiger partial charge in [0, 0.05) is 48.0 Å². The van der Waals surface area contributed by atoms with E-state index in [1.807, 2.05) is 65.7 Å². The van der Waals surface area contributed by atoms with Crippen molar-refractivity contribution >= 4 is 40.2 Å². The molecule has 7 nitrogen and oxygen atoms in total. The first-order valence-electron chi connectivity index (χ1n) is 11.1. The number of amides is 2. The zero-order chi connectivity index (χ0) is 22.6. The van der Waals surface area contributed by atoms with Crippen LogP contribution in [0.3, 0.4) is 0 Å². The van der Waals surface area contributed by atoms with Gasteiger partial charge in [-0.1, -0.05) is 48.0 Å². The Kier molecular flexibility index (Phi) is 6.13. The normalized spacial score (nSPS) is 16.0. The fraction of sp³-hybridized carbons (Fsp3) is 0.240. The number of rotatable bonds is 5. The Morgan fingerprint density at radius 2 is 1.97 bits per heavy atom. The van der Waals surface area contributed by atoms with E-state index < -0.39 is 0 Å². The number of nitrogens with one attached hydrogen (secondary N) is 3. The maximum Gasteiger partial charge on any atom is 0.321 e. The minimum atomic E-state index is -0.0599. The Balaban J connectivity index is 1.24. The van der Waals surface area contributed by atoms with Gasteiger partial charge in [0.2, 0.25) is 5.95 Å². The number of piperidine rings is 1. The molecule has 1 unspecified atom stereocenters. The van der Waals surface area contributed by atoms with Crippen molar-refractivity contribution < 1.29 is 4.79 Å². The highest BCUT2D eigenvalue weighted by Gasteiger charge is 2.24. The van der Waals surface area contributed by atoms with Crippen molar-refractivity contribution in [2.24, 2.45) is 5.92 Å². The molecule has 0 aliphatic carbocycles. The Bertz CT molecular complexity index is 1260. The summed E-state index contributed by atoms with van der Waals surface area (Å²) < 4.78 is 0. The van der Waals surface area contributed by atoms with E-state index in [0.717, 1.165) is 41.5 Å². The number of carbonyl (C=O) groups is 1. The van der Waals surface area contributed by atoms with E-state index in [1.165, 1.54) is 0 Å². The van der Waals surface area contributed by atoms with Crippen LogP contribution in [-0.4, -0.2) is 45.5 Å². The Morgan fingerprint density at radius 3 is 2.85 bits per heavy atom. The molecular weight excluding hydrogens is 436 g/mol. The van der Waals surface area contributed by atoms with Gasteiger partial charge in [-0.05, 0) is 37.0 Å². The van der Waals surface area contributed by atoms with Gasteiger partial charge in [-0.2, -0.15) is 0 Å². The van der Waals surface area contributed by atoms with Gasteiger partial charge in [0.25, 0.3) is 0 Å². The summed E-state index contributed by atoms with van der Waals surface area (Å²) in [5.41, 5.74) is 3.48. The van der Waals surface area contributed by atoms with Crippen molar-refractivity contribution in [3.8, 4) is 11.3 Å². The van der Waals surface area contributed by atoms with Gasteiger partial charge in [0.05, 0.1) is 16.9 Å². The van der Waals surface area contributed by atoms with E-state index in [0.29, 0.717) is 35.7 Å². The molecule has 2 aromatic carbocycles. The number of benzene rings is 2. The highest BCUT2D eigenvalue weighted by atomic mass is 35.5. The molecule has 3 heterocycles. The van der Waals surface area contributed by atoms with Crippen LogP contribution in [0.4, 0.5) is 16.4 Å². The lowest BCUT2D eigenvalue weighted by Crippen LogP contribution is -2.44. The monoisotopic (exact) mass is 460 g/mol. The number of H-pyrrole nitrogens is 1. The number of aromatic nitrogens is 3. The molecule has 8 heteroatoms. The Morgan fingerprint density at radius 1 is 1.15 bits per heavy atom. The van der Waals surface area contributed by atoms with E-state index in [9.17, 15) is 4.79 Å². The number of para-hydroxylation sites is 2. The van der Waals surface area contributed by atoms with E-state index in [1.54, 1.807) is 6.20 Å². The van der Waals surface area contributed by atoms with Gasteiger partial charge >= 0.3 is 6.03 Å². The summed E-state index contributed by atoms with van der Waals surface area (Å²) in [5, 5.41) is 7.90. The Hall–Kier alpha value is -3.58. The number of nitrogens with zero attached hydrogens (tertiary/aromatic N) is 3. The number of anilines is 2. The highest BCUT2D eigenvalue weighted by Crippen LogP contribution is 2.32. The Labute approximate surface area is 197 Å². The standard InChI is InChI=1S/C25H25ClN6O/c26-21-15-29-24(31-23(21)20-14-27-22-11-5-4-10-19(20)22)28-13-17-7-6-12-32(16-17)25(33)30-18-8-2-1-3-9-18/h1-5,8-11,14-15,17,27H,6-7,12-13,16H2,(H,30,33)(H,28,29,31). The lowest BCUT2D eigenvalue weighted by atomic mass is 9.98. The van der Waals surface area contributed by atoms with Crippen LogP contribution in [0.5, 0.6) is 0 Å². The number of hydrogen-bond acceptors (Lipinski definition) is 4. The average molecular weight is 461 g/mol. The van der Waals surface area contributed by atoms with Crippen LogP contribution in [0.25, 0.3) is 22.2 Å². The number of fused-ring (bicyclic) bond motifs is 1. The molecule has 168 valence electrons. The van der Waals surface area contributed by atoms with E-state index in [-0.39, 0.29) is 6.03 Å². The van der Waals surface area contributed by atoms with Crippen LogP contribution in [0.15, 0.2) is 67.0 Å². The molecule has 33 heavy (non-hydrogen) atoms. The number of carbonyl (C=O) groups excluding carboxylic acids is 1. The fourth-order valence-electron chi connectivity index (χ4n) is 4.28. The summed E-state index contributed by atoms with van der Waals surface area (Å²) in [7, 11) is 0. The first-order chi connectivity index (χ1) is 16.2. The predicted molar refractivity (Wildman–Crippen MR) is 133 cm³/mol. The lowest BCUT2D eigenvalue weighted by molar-refractivity contribution is 0.180. The van der Waals surface area contributed by atoms with Gasteiger partial charge in [-0.25, -0.2) is 14.8 Å². The smallest absolute Gasteiger partial charge is 0.321 e. The van der Waals surface area contributed by atoms with Crippen molar-refractivity contribution in [1.29, 1.82) is 0 Å². The second-order valence-corrected chi connectivity index (χ2v) is 8.68. The largest absolute Gasteiger partial charge is 0.360 e. The highest BCUT2D eigenvalue weighted by molar-refractivity contribution is 6.33. The minimum absolute atomic E-state index is 0.0599. The third kappa shape index (κ3) is 4.78. The van der Waals surface area contributed by atoms with Crippen molar-refractivity contribution in [2.75, 3.05) is 30.3 Å². The summed E-state index contributed by atoms with van der Waals surface area (Å²) in [5.74, 6) is 0.849. The number of likely N-dealkylation sites (tertiary alicyclic amines) is 1. The number of aromatic amines is 1. The van der Waals surface area contributed by atoms with Crippen molar-refractivity contribution in [3.63, 3.8) is 0 Å². The molecule has 1 aliphatic heterocycles. The van der Waals surface area contributed by atoms with Gasteiger partial charge in [-0.3, -0.25) is 0 Å². The summed E-state index contributed by atoms with van der Waals surface area (Å²) in [6.07, 6.45) is 5.57. The molecule has 4 aromatic rings. The molecule has 0 saturated carbocycles. The second-order valence-electron chi connectivity index (χ2n) is 8.27. The summed E-state index contributed by atoms with van der Waals surface area (Å²) in [4.78, 5) is 26.9. The molecular formula is C25H25ClN6O. The predicted octanol–water partition coefficient (Wildman–Crippen LogP) is 5.63. The molecule has 1 saturated heterocycles. The molecule has 0 radical (unpaired) electrons. The molecule has 0 bridgehead atoms. The van der Waals surface area contributed by atoms with E-state index in [2.05, 4.69) is 20.6 Å². The number of urea groups is 1. The molecule has 1 atom stereocenters. The molecule has 1 aliphatic rings. The van der Waals surface area contributed by atoms with Crippen LogP contribution in [0, 0.1) is 5.92 Å². The zero-order valence-corrected chi connectivity index (χ0v) is 18.8. The molecule has 2 aromatic heterocycles. The maximum atomic E-state index is 12.7. The van der Waals surface area contributed by atoms with Crippen LogP contribution in [0.1, 0.15) is 12.8 Å². The topological polar surface area (TPSA) is 85.9 Å². The van der Waals surface area contributed by atoms with Crippen LogP contribution < -0.4 is 10.6 Å². The van der Waals surface area contributed by atoms with Crippen LogP contribution in [0.2, 0.25) is 5.02 Å². The summed E-state index contributed by atoms with van der Waals surface area (Å²) in [6, 6.07) is 17.5. The zero-order valence-electron chi connectivity index (χ0n) is 18.1. The quantitative estimate of drug-likeness (QED) is 0.360. The van der Waals surface area contributed by atoms with Crippen molar-refractivity contribution in [1.82, 2.24) is 19.9 Å². The maximum absolute atomic E-state index is 12.7. The summed E-state index contributed by atoms with van der Waals surface area (Å²) in [6.45, 7) is 2.13. The van der Waals surface area contributed by atoms with E-state index >= 15 is 0 Å². The minimum Gasteiger partial charge on any atom is -0.360 e. The molecule has 3 N–H and O–H groups in total. The fourth-order valence-corrected chi connectivity index (χ4v) is 4.48. The third-order valence-electron chi connectivity index (χ3n) is 5.97. The third-order valence-corrected chi connectivity index (χ3v) is 6.25. The average Bonchev–Trinajstić information content (AvgIpc) is 3.28. The van der Waals surface area contributed by atoms with E-state index in [4.69, 9.17) is 16.6 Å². The van der Waals surface area contributed by atoms with Gasteiger partial charge in [-0.15, -0.1) is 0 Å². The van der Waals surface area contributed by atoms with Gasteiger partial charge < -0.3 is 20.5 Å². The molecule has 0 spiro atoms. The first-order valence-corrected chi connectivity index (χ1v) is 11.5. The number of halogens is 1. The van der Waals surface area contributed by atoms with Crippen molar-refractivity contribution in [2.45, 2.75) is 12.8 Å². The molecule has 5 rings (SSSR count). The molecule has 2 amide bonds. The molecule has 1 fully saturated rings. The van der Waals surface area contributed by atoms with Crippen LogP contribution >= 0.6 is 11.6 Å². The van der Waals surface area contributed by atoms with Crippen LogP contribution in [-0.2, 0) is 0 Å². The number of hydrogen-bond donors (Lipinski definition) is 3. The van der Waals surface area contributed by atoms with Gasteiger partial charge in [0.15, 0.2) is 0 Å². The van der Waals surface area contributed by atoms with Crippen molar-refractivity contribution in [3.05, 3.63) is 72.0 Å². The lowest BCUT2D eigenvalue weighted by Gasteiger charge is -2.32.